The number of hydrogen-bond acceptors (Lipinski definition) is 3. The second-order valence-electron chi connectivity index (χ2n) is 7.47. The van der Waals surface area contributed by atoms with Crippen LogP contribution in [-0.4, -0.2) is 17.2 Å². The monoisotopic (exact) mass is 342 g/mol. The number of rotatable bonds is 3. The number of benzene rings is 1. The van der Waals surface area contributed by atoms with Gasteiger partial charge in [-0.15, -0.1) is 0 Å². The van der Waals surface area contributed by atoms with Crippen LogP contribution in [0.3, 0.4) is 0 Å². The molecule has 1 N–H and O–H groups in total. The van der Waals surface area contributed by atoms with Crippen LogP contribution in [-0.2, 0) is 4.74 Å². The van der Waals surface area contributed by atoms with Crippen molar-refractivity contribution >= 4 is 5.97 Å². The third-order valence-electron chi connectivity index (χ3n) is 4.98. The average Bonchev–Trinajstić information content (AvgIpc) is 2.54. The molecule has 0 saturated heterocycles. The second-order valence-corrected chi connectivity index (χ2v) is 7.47. The normalized spacial score (nSPS) is 22.1. The third-order valence-corrected chi connectivity index (χ3v) is 4.98. The number of aromatic hydroxyl groups is 1. The molecule has 25 heavy (non-hydrogen) atoms. The first kappa shape index (κ1) is 19.3. The van der Waals surface area contributed by atoms with E-state index in [-0.39, 0.29) is 23.7 Å². The lowest BCUT2D eigenvalue weighted by Gasteiger charge is -2.29. The summed E-state index contributed by atoms with van der Waals surface area (Å²) in [6.45, 7) is 8.69. The van der Waals surface area contributed by atoms with Crippen molar-refractivity contribution in [2.24, 2.45) is 11.8 Å². The van der Waals surface area contributed by atoms with Gasteiger partial charge in [0.25, 0.3) is 0 Å². The molecule has 0 unspecified atom stereocenters. The van der Waals surface area contributed by atoms with E-state index >= 15 is 0 Å². The highest BCUT2D eigenvalue weighted by Gasteiger charge is 2.27. The van der Waals surface area contributed by atoms with E-state index in [1.54, 1.807) is 12.1 Å². The van der Waals surface area contributed by atoms with Gasteiger partial charge < -0.3 is 9.84 Å². The summed E-state index contributed by atoms with van der Waals surface area (Å²) in [5.74, 6) is 0.531. The number of allylic oxidation sites excluding steroid dienone is 3. The van der Waals surface area contributed by atoms with E-state index < -0.39 is 0 Å². The van der Waals surface area contributed by atoms with Gasteiger partial charge in [0.05, 0.1) is 5.56 Å². The van der Waals surface area contributed by atoms with Gasteiger partial charge in [-0.2, -0.15) is 0 Å². The first-order valence-electron chi connectivity index (χ1n) is 9.19. The Balaban J connectivity index is 2.23. The van der Waals surface area contributed by atoms with Crippen molar-refractivity contribution in [2.45, 2.75) is 59.5 Å². The molecule has 0 aliphatic heterocycles. The van der Waals surface area contributed by atoms with Crippen LogP contribution < -0.4 is 0 Å². The summed E-state index contributed by atoms with van der Waals surface area (Å²) in [4.78, 5) is 12.6. The Hall–Kier alpha value is -2.03. The summed E-state index contributed by atoms with van der Waals surface area (Å²) in [6.07, 6.45) is 8.34. The predicted octanol–water partition coefficient (Wildman–Crippen LogP) is 5.66. The van der Waals surface area contributed by atoms with Gasteiger partial charge in [0.15, 0.2) is 0 Å². The van der Waals surface area contributed by atoms with E-state index in [2.05, 4.69) is 39.8 Å². The minimum atomic E-state index is -0.330. The number of phenols is 1. The molecular formula is C22H30O3. The Kier molecular flexibility index (Phi) is 6.86. The van der Waals surface area contributed by atoms with Crippen molar-refractivity contribution in [3.8, 4) is 5.75 Å². The zero-order chi connectivity index (χ0) is 18.4. The Morgan fingerprint density at radius 3 is 2.44 bits per heavy atom. The molecule has 0 heterocycles. The van der Waals surface area contributed by atoms with Gasteiger partial charge in [-0.3, -0.25) is 0 Å². The number of carbonyl (C=O) groups is 1. The minimum Gasteiger partial charge on any atom is -0.508 e. The fourth-order valence-corrected chi connectivity index (χ4v) is 3.32. The molecule has 2 rings (SSSR count). The van der Waals surface area contributed by atoms with Crippen LogP contribution in [0.2, 0.25) is 0 Å². The summed E-state index contributed by atoms with van der Waals surface area (Å²) in [5.41, 5.74) is 3.16. The zero-order valence-corrected chi connectivity index (χ0v) is 15.8. The van der Waals surface area contributed by atoms with Crippen LogP contribution in [0.1, 0.15) is 63.7 Å². The van der Waals surface area contributed by atoms with Crippen LogP contribution in [0.5, 0.6) is 5.75 Å². The topological polar surface area (TPSA) is 46.5 Å². The Morgan fingerprint density at radius 2 is 1.80 bits per heavy atom. The van der Waals surface area contributed by atoms with Gasteiger partial charge >= 0.3 is 5.97 Å². The molecule has 1 aliphatic carbocycles. The van der Waals surface area contributed by atoms with E-state index in [0.717, 1.165) is 25.7 Å². The van der Waals surface area contributed by atoms with Gasteiger partial charge in [0.2, 0.25) is 0 Å². The van der Waals surface area contributed by atoms with Crippen LogP contribution in [0, 0.1) is 11.8 Å². The van der Waals surface area contributed by atoms with Crippen molar-refractivity contribution in [2.75, 3.05) is 0 Å². The molecule has 1 aromatic carbocycles. The van der Waals surface area contributed by atoms with Gasteiger partial charge in [-0.05, 0) is 75.8 Å². The lowest BCUT2D eigenvalue weighted by molar-refractivity contribution is 0.0199. The maximum absolute atomic E-state index is 12.6. The molecule has 136 valence electrons. The maximum Gasteiger partial charge on any atom is 0.338 e. The first-order valence-corrected chi connectivity index (χ1v) is 9.19. The fraction of sp³-hybridized carbons (Fsp3) is 0.500. The van der Waals surface area contributed by atoms with Crippen LogP contribution >= 0.6 is 0 Å². The summed E-state index contributed by atoms with van der Waals surface area (Å²) < 4.78 is 5.91. The zero-order valence-electron chi connectivity index (χ0n) is 15.8. The van der Waals surface area contributed by atoms with Gasteiger partial charge in [-0.1, -0.05) is 31.1 Å². The smallest absolute Gasteiger partial charge is 0.338 e. The number of esters is 1. The lowest BCUT2D eigenvalue weighted by Crippen LogP contribution is -2.29. The Bertz CT molecular complexity index is 638. The molecule has 3 heteroatoms. The number of carbonyl (C=O) groups excluding carboxylic acids is 1. The minimum absolute atomic E-state index is 0.147. The molecule has 0 saturated carbocycles. The molecule has 2 atom stereocenters. The van der Waals surface area contributed by atoms with Crippen molar-refractivity contribution in [1.82, 2.24) is 0 Å². The highest BCUT2D eigenvalue weighted by atomic mass is 16.5. The molecule has 0 aromatic heterocycles. The maximum atomic E-state index is 12.6. The standard InChI is InChI=1S/C22H30O3/c1-15(2)20-13-8-16(3)6-5-7-17(4)14-21(20)25-22(24)18-9-11-19(23)12-10-18/h6,9-12,14-15,20-21,23H,5,7-8,13H2,1-4H3/t20-,21-/m0/s1. The van der Waals surface area contributed by atoms with Crippen LogP contribution in [0.4, 0.5) is 0 Å². The molecule has 0 radical (unpaired) electrons. The molecule has 0 spiro atoms. The summed E-state index contributed by atoms with van der Waals surface area (Å²) in [6, 6.07) is 6.23. The van der Waals surface area contributed by atoms with Crippen molar-refractivity contribution < 1.29 is 14.6 Å². The Morgan fingerprint density at radius 1 is 1.12 bits per heavy atom. The van der Waals surface area contributed by atoms with Gasteiger partial charge in [0, 0.05) is 5.92 Å². The first-order chi connectivity index (χ1) is 11.9. The van der Waals surface area contributed by atoms with Crippen molar-refractivity contribution in [1.29, 1.82) is 0 Å². The van der Waals surface area contributed by atoms with E-state index in [1.165, 1.54) is 23.3 Å². The van der Waals surface area contributed by atoms with Crippen LogP contribution in [0.15, 0.2) is 47.6 Å². The largest absolute Gasteiger partial charge is 0.508 e. The lowest BCUT2D eigenvalue weighted by atomic mass is 9.83. The van der Waals surface area contributed by atoms with E-state index in [0.29, 0.717) is 11.5 Å². The van der Waals surface area contributed by atoms with E-state index in [1.807, 2.05) is 0 Å². The molecular weight excluding hydrogens is 312 g/mol. The van der Waals surface area contributed by atoms with Crippen LogP contribution in [0.25, 0.3) is 0 Å². The molecule has 1 aliphatic rings. The predicted molar refractivity (Wildman–Crippen MR) is 102 cm³/mol. The number of ether oxygens (including phenoxy) is 1. The average molecular weight is 342 g/mol. The third kappa shape index (κ3) is 5.77. The number of hydrogen-bond donors (Lipinski definition) is 1. The van der Waals surface area contributed by atoms with E-state index in [4.69, 9.17) is 4.74 Å². The second kappa shape index (κ2) is 8.89. The fourth-order valence-electron chi connectivity index (χ4n) is 3.32. The van der Waals surface area contributed by atoms with E-state index in [9.17, 15) is 9.90 Å². The summed E-state index contributed by atoms with van der Waals surface area (Å²) >= 11 is 0. The molecule has 3 nitrogen and oxygen atoms in total. The molecule has 0 amide bonds. The molecule has 0 fully saturated rings. The Labute approximate surface area is 151 Å². The highest BCUT2D eigenvalue weighted by Crippen LogP contribution is 2.29. The van der Waals surface area contributed by atoms with Crippen molar-refractivity contribution in [3.63, 3.8) is 0 Å². The SMILES string of the molecule is CC1=C[C@H](OC(=O)c2ccc(O)cc2)[C@H](C(C)C)CCC(C)=CCC1. The molecule has 0 bridgehead atoms. The van der Waals surface area contributed by atoms with Gasteiger partial charge in [-0.25, -0.2) is 4.79 Å². The highest BCUT2D eigenvalue weighted by molar-refractivity contribution is 5.89. The van der Waals surface area contributed by atoms with Crippen molar-refractivity contribution in [3.05, 3.63) is 53.1 Å². The quantitative estimate of drug-likeness (QED) is 0.570. The summed E-state index contributed by atoms with van der Waals surface area (Å²) in [5, 5.41) is 9.39. The summed E-state index contributed by atoms with van der Waals surface area (Å²) in [7, 11) is 0. The molecule has 1 aromatic rings. The van der Waals surface area contributed by atoms with Gasteiger partial charge in [0.1, 0.15) is 11.9 Å². The number of phenolic OH excluding ortho intramolecular Hbond substituents is 1.